The number of halogens is 5. The van der Waals surface area contributed by atoms with Crippen LogP contribution in [0.1, 0.15) is 40.5 Å². The molecule has 2 heterocycles. The van der Waals surface area contributed by atoms with Crippen molar-refractivity contribution in [2.75, 3.05) is 13.1 Å². The summed E-state index contributed by atoms with van der Waals surface area (Å²) < 4.78 is 43.5. The van der Waals surface area contributed by atoms with E-state index in [1.165, 1.54) is 6.92 Å². The molecule has 0 bridgehead atoms. The number of amides is 4. The summed E-state index contributed by atoms with van der Waals surface area (Å²) in [5, 5.41) is 16.4. The molecule has 0 spiro atoms. The van der Waals surface area contributed by atoms with E-state index in [1.54, 1.807) is 26.1 Å². The van der Waals surface area contributed by atoms with Crippen molar-refractivity contribution in [2.24, 2.45) is 17.8 Å². The number of hydrogen-bond acceptors (Lipinski definition) is 6. The van der Waals surface area contributed by atoms with Crippen LogP contribution in [0.2, 0.25) is 0 Å². The molecular weight excluding hydrogens is 554 g/mol. The Bertz CT molecular complexity index is 1030. The summed E-state index contributed by atoms with van der Waals surface area (Å²) in [6.07, 6.45) is -5.95. The Morgan fingerprint density at radius 2 is 1.89 bits per heavy atom. The summed E-state index contributed by atoms with van der Waals surface area (Å²) in [4.78, 5) is 51.6. The van der Waals surface area contributed by atoms with Crippen LogP contribution in [0, 0.1) is 29.1 Å². The molecule has 0 radical (unpaired) electrons. The average molecular weight is 584 g/mol. The largest absolute Gasteiger partial charge is 0.471 e. The number of likely N-dealkylation sites (tertiary alicyclic amines) is 1. The van der Waals surface area contributed by atoms with Gasteiger partial charge >= 0.3 is 12.1 Å². The maximum absolute atomic E-state index is 13.6. The maximum atomic E-state index is 13.6. The Morgan fingerprint density at radius 1 is 1.26 bits per heavy atom. The minimum Gasteiger partial charge on any atom is -0.370 e. The van der Waals surface area contributed by atoms with E-state index < -0.39 is 75.8 Å². The summed E-state index contributed by atoms with van der Waals surface area (Å²) in [6, 6.07) is -2.25. The van der Waals surface area contributed by atoms with E-state index in [2.05, 4.69) is 10.6 Å². The lowest BCUT2D eigenvalue weighted by atomic mass is 9.98. The summed E-state index contributed by atoms with van der Waals surface area (Å²) in [7, 11) is 0. The quantitative estimate of drug-likeness (QED) is 0.369. The fourth-order valence-corrected chi connectivity index (χ4v) is 5.92. The van der Waals surface area contributed by atoms with Gasteiger partial charge in [-0.2, -0.15) is 18.4 Å². The Labute approximate surface area is 227 Å². The van der Waals surface area contributed by atoms with Crippen molar-refractivity contribution in [1.29, 1.82) is 5.26 Å². The third-order valence-corrected chi connectivity index (χ3v) is 7.92. The minimum absolute atomic E-state index is 0.0381. The number of carbonyl (C=O) groups excluding carboxylic acids is 4. The average Bonchev–Trinajstić information content (AvgIpc) is 3.14. The van der Waals surface area contributed by atoms with Crippen molar-refractivity contribution in [3.05, 3.63) is 0 Å². The van der Waals surface area contributed by atoms with Gasteiger partial charge < -0.3 is 25.6 Å². The van der Waals surface area contributed by atoms with Crippen LogP contribution in [0.15, 0.2) is 0 Å². The standard InChI is InChI=1S/C23H30Cl2F3N5O5/c1-10(38-21(2,3)4)15(32-20(37)23(26,27)28)19(36)33-9-13-14(22(13,24)25)16(33)18(35)31-12(8-29)7-11-5-6-30-17(11)34/h10-16H,5-7,9H2,1-4H3,(H,30,34)(H,31,35)(H,32,37)/t10?,11-,12-,13-,14-,15-,16-/m0/s1. The van der Waals surface area contributed by atoms with Crippen LogP contribution in [0.25, 0.3) is 0 Å². The number of carbonyl (C=O) groups is 4. The monoisotopic (exact) mass is 583 g/mol. The molecule has 212 valence electrons. The number of nitriles is 1. The summed E-state index contributed by atoms with van der Waals surface area (Å²) in [6.45, 7) is 6.50. The van der Waals surface area contributed by atoms with E-state index in [0.29, 0.717) is 13.0 Å². The smallest absolute Gasteiger partial charge is 0.370 e. The van der Waals surface area contributed by atoms with Gasteiger partial charge in [-0.1, -0.05) is 0 Å². The second-order valence-corrected chi connectivity index (χ2v) is 12.3. The molecule has 3 fully saturated rings. The molecule has 2 saturated heterocycles. The first-order valence-corrected chi connectivity index (χ1v) is 12.9. The van der Waals surface area contributed by atoms with Crippen molar-refractivity contribution in [2.45, 2.75) is 80.9 Å². The minimum atomic E-state index is -5.27. The molecule has 1 saturated carbocycles. The third-order valence-electron chi connectivity index (χ3n) is 6.86. The number of nitrogens with zero attached hydrogens (tertiary/aromatic N) is 2. The number of ether oxygens (including phenoxy) is 1. The van der Waals surface area contributed by atoms with Crippen molar-refractivity contribution in [1.82, 2.24) is 20.9 Å². The molecule has 3 rings (SSSR count). The molecule has 2 aliphatic heterocycles. The Balaban J connectivity index is 1.84. The van der Waals surface area contributed by atoms with Gasteiger partial charge in [-0.25, -0.2) is 0 Å². The molecule has 3 N–H and O–H groups in total. The zero-order chi connectivity index (χ0) is 28.8. The van der Waals surface area contributed by atoms with Gasteiger partial charge in [0.15, 0.2) is 0 Å². The van der Waals surface area contributed by atoms with Crippen molar-refractivity contribution in [3.63, 3.8) is 0 Å². The van der Waals surface area contributed by atoms with Crippen LogP contribution in [0.3, 0.4) is 0 Å². The second kappa shape index (κ2) is 10.7. The van der Waals surface area contributed by atoms with Crippen molar-refractivity contribution >= 4 is 46.8 Å². The predicted octanol–water partition coefficient (Wildman–Crippen LogP) is 1.40. The lowest BCUT2D eigenvalue weighted by Crippen LogP contribution is -2.61. The molecule has 15 heteroatoms. The van der Waals surface area contributed by atoms with Crippen molar-refractivity contribution in [3.8, 4) is 6.07 Å². The van der Waals surface area contributed by atoms with Gasteiger partial charge in [0.2, 0.25) is 17.7 Å². The summed E-state index contributed by atoms with van der Waals surface area (Å²) in [5.41, 5.74) is -0.876. The van der Waals surface area contributed by atoms with Gasteiger partial charge in [0, 0.05) is 30.8 Å². The zero-order valence-electron chi connectivity index (χ0n) is 21.2. The van der Waals surface area contributed by atoms with E-state index in [0.717, 1.165) is 4.90 Å². The van der Waals surface area contributed by atoms with Crippen LogP contribution in [0.5, 0.6) is 0 Å². The first-order valence-electron chi connectivity index (χ1n) is 12.1. The predicted molar refractivity (Wildman–Crippen MR) is 128 cm³/mol. The molecule has 0 aromatic carbocycles. The van der Waals surface area contributed by atoms with Gasteiger partial charge in [0.05, 0.1) is 17.8 Å². The van der Waals surface area contributed by atoms with Crippen LogP contribution < -0.4 is 16.0 Å². The lowest BCUT2D eigenvalue weighted by molar-refractivity contribution is -0.177. The van der Waals surface area contributed by atoms with E-state index in [1.807, 2.05) is 6.07 Å². The number of nitrogens with one attached hydrogen (secondary N) is 3. The molecule has 10 nitrogen and oxygen atoms in total. The molecular formula is C23H30Cl2F3N5O5. The van der Waals surface area contributed by atoms with Gasteiger partial charge in [0.1, 0.15) is 22.5 Å². The number of rotatable bonds is 8. The van der Waals surface area contributed by atoms with Gasteiger partial charge in [-0.05, 0) is 40.5 Å². The van der Waals surface area contributed by atoms with Crippen molar-refractivity contribution < 1.29 is 37.1 Å². The highest BCUT2D eigenvalue weighted by Crippen LogP contribution is 2.65. The van der Waals surface area contributed by atoms with Crippen LogP contribution in [0.4, 0.5) is 13.2 Å². The Morgan fingerprint density at radius 3 is 2.39 bits per heavy atom. The van der Waals surface area contributed by atoms with Crippen LogP contribution in [-0.4, -0.2) is 82.0 Å². The van der Waals surface area contributed by atoms with E-state index >= 15 is 0 Å². The summed E-state index contributed by atoms with van der Waals surface area (Å²) >= 11 is 12.6. The van der Waals surface area contributed by atoms with E-state index in [9.17, 15) is 37.6 Å². The SMILES string of the molecule is CC(OC(C)(C)C)[C@H](NC(=O)C(F)(F)F)C(=O)N1C[C@H]2[C@@H]([C@H]1C(=O)N[C@H](C#N)C[C@@H]1CCNC1=O)C2(Cl)Cl. The van der Waals surface area contributed by atoms with Crippen LogP contribution >= 0.6 is 23.2 Å². The molecule has 1 aliphatic carbocycles. The Hall–Kier alpha value is -2.30. The number of alkyl halides is 5. The molecule has 38 heavy (non-hydrogen) atoms. The topological polar surface area (TPSA) is 141 Å². The highest BCUT2D eigenvalue weighted by Gasteiger charge is 2.74. The van der Waals surface area contributed by atoms with Gasteiger partial charge in [-0.3, -0.25) is 19.2 Å². The van der Waals surface area contributed by atoms with Gasteiger partial charge in [-0.15, -0.1) is 23.2 Å². The van der Waals surface area contributed by atoms with Gasteiger partial charge in [0.25, 0.3) is 0 Å². The molecule has 4 amide bonds. The first kappa shape index (κ1) is 30.2. The zero-order valence-corrected chi connectivity index (χ0v) is 22.7. The normalized spacial score (nSPS) is 28.4. The first-order chi connectivity index (χ1) is 17.4. The highest BCUT2D eigenvalue weighted by atomic mass is 35.5. The highest BCUT2D eigenvalue weighted by molar-refractivity contribution is 6.51. The third kappa shape index (κ3) is 6.46. The summed E-state index contributed by atoms with van der Waals surface area (Å²) in [5.74, 6) is -6.13. The van der Waals surface area contributed by atoms with E-state index in [4.69, 9.17) is 27.9 Å². The second-order valence-electron chi connectivity index (χ2n) is 10.8. The number of fused-ring (bicyclic) bond motifs is 1. The molecule has 0 aromatic rings. The Kier molecular flexibility index (Phi) is 8.51. The molecule has 0 aromatic heterocycles. The fraction of sp³-hybridized carbons (Fsp3) is 0.783. The van der Waals surface area contributed by atoms with E-state index in [-0.39, 0.29) is 18.9 Å². The molecule has 3 aliphatic rings. The molecule has 1 unspecified atom stereocenters. The maximum Gasteiger partial charge on any atom is 0.471 e. The van der Waals surface area contributed by atoms with Crippen LogP contribution in [-0.2, 0) is 23.9 Å². The fourth-order valence-electron chi connectivity index (χ4n) is 5.10. The molecule has 7 atom stereocenters. The number of piperidine rings is 1. The lowest BCUT2D eigenvalue weighted by Gasteiger charge is -2.36. The number of hydrogen-bond donors (Lipinski definition) is 3.